The lowest BCUT2D eigenvalue weighted by Gasteiger charge is -2.05. The van der Waals surface area contributed by atoms with Crippen molar-refractivity contribution in [2.75, 3.05) is 0 Å². The number of nitrogens with zero attached hydrogens (tertiary/aromatic N) is 1. The third-order valence-electron chi connectivity index (χ3n) is 3.34. The van der Waals surface area contributed by atoms with Gasteiger partial charge in [-0.1, -0.05) is 30.3 Å². The number of pyridine rings is 1. The number of benzene rings is 2. The van der Waals surface area contributed by atoms with Gasteiger partial charge in [-0.2, -0.15) is 0 Å². The van der Waals surface area contributed by atoms with Gasteiger partial charge in [0.25, 0.3) is 0 Å². The van der Waals surface area contributed by atoms with Gasteiger partial charge >= 0.3 is 0 Å². The lowest BCUT2D eigenvalue weighted by molar-refractivity contribution is 1.07. The molecule has 3 aromatic rings. The van der Waals surface area contributed by atoms with Crippen molar-refractivity contribution in [2.24, 2.45) is 5.73 Å². The average Bonchev–Trinajstić information content (AvgIpc) is 2.46. The second-order valence-corrected chi connectivity index (χ2v) is 4.82. The minimum atomic E-state index is 0.584. The van der Waals surface area contributed by atoms with Crippen LogP contribution >= 0.6 is 0 Å². The first kappa shape index (κ1) is 11.9. The maximum atomic E-state index is 5.62. The summed E-state index contributed by atoms with van der Waals surface area (Å²) in [6, 6.07) is 16.9. The third kappa shape index (κ3) is 2.35. The molecule has 2 heteroatoms. The molecule has 0 spiro atoms. The molecule has 0 fully saturated rings. The molecule has 0 atom stereocenters. The van der Waals surface area contributed by atoms with Gasteiger partial charge in [0.05, 0.1) is 5.52 Å². The van der Waals surface area contributed by atoms with Crippen molar-refractivity contribution in [3.05, 3.63) is 65.9 Å². The Labute approximate surface area is 112 Å². The molecule has 19 heavy (non-hydrogen) atoms. The first-order valence-electron chi connectivity index (χ1n) is 6.42. The zero-order valence-corrected chi connectivity index (χ0v) is 10.9. The monoisotopic (exact) mass is 248 g/mol. The van der Waals surface area contributed by atoms with Crippen LogP contribution in [0.15, 0.2) is 54.7 Å². The number of aromatic nitrogens is 1. The Hall–Kier alpha value is -2.19. The van der Waals surface area contributed by atoms with Crippen molar-refractivity contribution >= 4 is 10.9 Å². The number of fused-ring (bicyclic) bond motifs is 1. The standard InChI is InChI=1S/C17H16N2/c1-12-8-16-9-15(6-7-17(16)19-11-12)14-4-2-13(10-18)3-5-14/h2-9,11H,10,18H2,1H3. The van der Waals surface area contributed by atoms with E-state index in [2.05, 4.69) is 60.4 Å². The van der Waals surface area contributed by atoms with E-state index in [1.54, 1.807) is 0 Å². The van der Waals surface area contributed by atoms with Gasteiger partial charge in [-0.15, -0.1) is 0 Å². The second-order valence-electron chi connectivity index (χ2n) is 4.82. The SMILES string of the molecule is Cc1cnc2ccc(-c3ccc(CN)cc3)cc2c1. The van der Waals surface area contributed by atoms with E-state index < -0.39 is 0 Å². The normalized spacial score (nSPS) is 10.8. The minimum Gasteiger partial charge on any atom is -0.326 e. The van der Waals surface area contributed by atoms with E-state index in [-0.39, 0.29) is 0 Å². The van der Waals surface area contributed by atoms with E-state index in [9.17, 15) is 0 Å². The number of nitrogens with two attached hydrogens (primary N) is 1. The molecule has 0 unspecified atom stereocenters. The fraction of sp³-hybridized carbons (Fsp3) is 0.118. The highest BCUT2D eigenvalue weighted by molar-refractivity contribution is 5.84. The Kier molecular flexibility index (Phi) is 3.02. The summed E-state index contributed by atoms with van der Waals surface area (Å²) in [6.07, 6.45) is 1.90. The second kappa shape index (κ2) is 4.82. The summed E-state index contributed by atoms with van der Waals surface area (Å²) in [5.41, 5.74) is 11.4. The molecule has 1 heterocycles. The smallest absolute Gasteiger partial charge is 0.0702 e. The number of rotatable bonds is 2. The summed E-state index contributed by atoms with van der Waals surface area (Å²) < 4.78 is 0. The predicted molar refractivity (Wildman–Crippen MR) is 79.8 cm³/mol. The summed E-state index contributed by atoms with van der Waals surface area (Å²) in [4.78, 5) is 4.43. The Balaban J connectivity index is 2.08. The Morgan fingerprint density at radius 1 is 0.947 bits per heavy atom. The molecule has 94 valence electrons. The van der Waals surface area contributed by atoms with Gasteiger partial charge in [0.1, 0.15) is 0 Å². The van der Waals surface area contributed by atoms with E-state index >= 15 is 0 Å². The summed E-state index contributed by atoms with van der Waals surface area (Å²) in [6.45, 7) is 2.65. The van der Waals surface area contributed by atoms with Crippen LogP contribution in [0.3, 0.4) is 0 Å². The van der Waals surface area contributed by atoms with Gasteiger partial charge < -0.3 is 5.73 Å². The molecule has 0 bridgehead atoms. The first-order valence-corrected chi connectivity index (χ1v) is 6.42. The molecule has 0 aliphatic rings. The maximum Gasteiger partial charge on any atom is 0.0702 e. The highest BCUT2D eigenvalue weighted by atomic mass is 14.6. The number of hydrogen-bond acceptors (Lipinski definition) is 2. The van der Waals surface area contributed by atoms with E-state index in [0.717, 1.165) is 11.1 Å². The molecule has 2 N–H and O–H groups in total. The molecular weight excluding hydrogens is 232 g/mol. The predicted octanol–water partition coefficient (Wildman–Crippen LogP) is 3.67. The largest absolute Gasteiger partial charge is 0.326 e. The van der Waals surface area contributed by atoms with Crippen molar-refractivity contribution < 1.29 is 0 Å². The molecule has 3 rings (SSSR count). The molecular formula is C17H16N2. The summed E-state index contributed by atoms with van der Waals surface area (Å²) in [7, 11) is 0. The summed E-state index contributed by atoms with van der Waals surface area (Å²) in [5, 5.41) is 1.18. The van der Waals surface area contributed by atoms with Crippen LogP contribution in [0.5, 0.6) is 0 Å². The van der Waals surface area contributed by atoms with E-state index in [1.165, 1.54) is 22.1 Å². The fourth-order valence-corrected chi connectivity index (χ4v) is 2.25. The Morgan fingerprint density at radius 2 is 1.68 bits per heavy atom. The summed E-state index contributed by atoms with van der Waals surface area (Å²) in [5.74, 6) is 0. The van der Waals surface area contributed by atoms with Crippen molar-refractivity contribution in [1.82, 2.24) is 4.98 Å². The zero-order valence-electron chi connectivity index (χ0n) is 10.9. The van der Waals surface area contributed by atoms with Crippen molar-refractivity contribution in [3.8, 4) is 11.1 Å². The van der Waals surface area contributed by atoms with Crippen LogP contribution < -0.4 is 5.73 Å². The first-order chi connectivity index (χ1) is 9.26. The van der Waals surface area contributed by atoms with Gasteiger partial charge in [-0.05, 0) is 47.4 Å². The molecule has 0 saturated heterocycles. The molecule has 0 saturated carbocycles. The molecule has 2 nitrogen and oxygen atoms in total. The summed E-state index contributed by atoms with van der Waals surface area (Å²) >= 11 is 0. The number of hydrogen-bond donors (Lipinski definition) is 1. The van der Waals surface area contributed by atoms with Crippen LogP contribution in [0.1, 0.15) is 11.1 Å². The van der Waals surface area contributed by atoms with Crippen LogP contribution in [0.25, 0.3) is 22.0 Å². The van der Waals surface area contributed by atoms with Gasteiger partial charge in [0.15, 0.2) is 0 Å². The Bertz CT molecular complexity index is 715. The molecule has 0 amide bonds. The van der Waals surface area contributed by atoms with E-state index in [1.807, 2.05) is 6.20 Å². The lowest BCUT2D eigenvalue weighted by atomic mass is 10.0. The molecule has 2 aromatic carbocycles. The lowest BCUT2D eigenvalue weighted by Crippen LogP contribution is -1.95. The van der Waals surface area contributed by atoms with Crippen LogP contribution in [0, 0.1) is 6.92 Å². The van der Waals surface area contributed by atoms with Gasteiger partial charge in [-0.25, -0.2) is 0 Å². The zero-order chi connectivity index (χ0) is 13.2. The van der Waals surface area contributed by atoms with E-state index in [0.29, 0.717) is 6.54 Å². The van der Waals surface area contributed by atoms with Crippen molar-refractivity contribution in [3.63, 3.8) is 0 Å². The number of aryl methyl sites for hydroxylation is 1. The highest BCUT2D eigenvalue weighted by Gasteiger charge is 2.01. The van der Waals surface area contributed by atoms with Crippen LogP contribution in [-0.2, 0) is 6.54 Å². The average molecular weight is 248 g/mol. The highest BCUT2D eigenvalue weighted by Crippen LogP contribution is 2.24. The van der Waals surface area contributed by atoms with Crippen LogP contribution in [-0.4, -0.2) is 4.98 Å². The molecule has 0 radical (unpaired) electrons. The van der Waals surface area contributed by atoms with E-state index in [4.69, 9.17) is 5.73 Å². The van der Waals surface area contributed by atoms with Crippen LogP contribution in [0.4, 0.5) is 0 Å². The Morgan fingerprint density at radius 3 is 2.42 bits per heavy atom. The van der Waals surface area contributed by atoms with Crippen molar-refractivity contribution in [1.29, 1.82) is 0 Å². The van der Waals surface area contributed by atoms with Crippen LogP contribution in [0.2, 0.25) is 0 Å². The quantitative estimate of drug-likeness (QED) is 0.751. The maximum absolute atomic E-state index is 5.62. The third-order valence-corrected chi connectivity index (χ3v) is 3.34. The molecule has 1 aromatic heterocycles. The van der Waals surface area contributed by atoms with Gasteiger partial charge in [-0.3, -0.25) is 4.98 Å². The fourth-order valence-electron chi connectivity index (χ4n) is 2.25. The van der Waals surface area contributed by atoms with Gasteiger partial charge in [0.2, 0.25) is 0 Å². The van der Waals surface area contributed by atoms with Crippen molar-refractivity contribution in [2.45, 2.75) is 13.5 Å². The topological polar surface area (TPSA) is 38.9 Å². The molecule has 0 aliphatic heterocycles. The van der Waals surface area contributed by atoms with Gasteiger partial charge in [0, 0.05) is 18.1 Å². The minimum absolute atomic E-state index is 0.584. The molecule has 0 aliphatic carbocycles.